The van der Waals surface area contributed by atoms with Crippen molar-refractivity contribution in [2.75, 3.05) is 13.2 Å². The molecule has 0 aromatic rings. The number of nitrogens with one attached hydrogen (secondary N) is 1. The van der Waals surface area contributed by atoms with Crippen LogP contribution in [-0.4, -0.2) is 47.4 Å². The van der Waals surface area contributed by atoms with Gasteiger partial charge in [-0.3, -0.25) is 9.59 Å². The quantitative estimate of drug-likeness (QED) is 0.0320. The number of hydrogen-bond acceptors (Lipinski definition) is 5. The van der Waals surface area contributed by atoms with Crippen molar-refractivity contribution in [2.24, 2.45) is 0 Å². The molecule has 0 aliphatic rings. The summed E-state index contributed by atoms with van der Waals surface area (Å²) < 4.78 is 5.47. The molecule has 77 heavy (non-hydrogen) atoms. The summed E-state index contributed by atoms with van der Waals surface area (Å²) >= 11 is 0. The summed E-state index contributed by atoms with van der Waals surface area (Å²) in [6, 6.07) is -0.626. The van der Waals surface area contributed by atoms with Crippen molar-refractivity contribution in [3.05, 3.63) is 24.3 Å². The molecule has 0 heterocycles. The minimum atomic E-state index is -0.843. The Hall–Kier alpha value is -1.66. The second-order valence-corrected chi connectivity index (χ2v) is 24.2. The molecule has 0 spiro atoms. The summed E-state index contributed by atoms with van der Waals surface area (Å²) in [5.74, 6) is -0.0529. The maximum absolute atomic E-state index is 12.5. The monoisotopic (exact) mass is 1080 g/mol. The number of aliphatic hydroxyl groups is 2. The Morgan fingerprint density at radius 3 is 0.961 bits per heavy atom. The minimum Gasteiger partial charge on any atom is -0.466 e. The molecule has 3 N–H and O–H groups in total. The number of carbonyl (C=O) groups excluding carboxylic acids is 2. The molecule has 6 nitrogen and oxygen atoms in total. The van der Waals surface area contributed by atoms with Crippen LogP contribution in [0.25, 0.3) is 0 Å². The Bertz CT molecular complexity index is 1200. The van der Waals surface area contributed by atoms with Crippen LogP contribution in [0.3, 0.4) is 0 Å². The van der Waals surface area contributed by atoms with E-state index in [9.17, 15) is 19.8 Å². The summed E-state index contributed by atoms with van der Waals surface area (Å²) in [6.45, 7) is 4.90. The number of rotatable bonds is 66. The molecule has 6 heteroatoms. The van der Waals surface area contributed by atoms with Crippen molar-refractivity contribution in [2.45, 2.75) is 405 Å². The van der Waals surface area contributed by atoms with Crippen molar-refractivity contribution in [3.8, 4) is 0 Å². The fourth-order valence-electron chi connectivity index (χ4n) is 11.1. The minimum absolute atomic E-state index is 0.00787. The van der Waals surface area contributed by atoms with Crippen molar-refractivity contribution < 1.29 is 24.5 Å². The molecule has 0 radical (unpaired) electrons. The van der Waals surface area contributed by atoms with Gasteiger partial charge in [0.25, 0.3) is 0 Å². The van der Waals surface area contributed by atoms with Crippen molar-refractivity contribution in [1.29, 1.82) is 0 Å². The highest BCUT2D eigenvalue weighted by atomic mass is 16.5. The molecule has 2 unspecified atom stereocenters. The summed E-state index contributed by atoms with van der Waals surface area (Å²) in [7, 11) is 0. The van der Waals surface area contributed by atoms with E-state index in [-0.39, 0.29) is 18.5 Å². The first-order valence-electron chi connectivity index (χ1n) is 35.1. The molecular weight excluding hydrogens is 947 g/mol. The molecule has 0 fully saturated rings. The van der Waals surface area contributed by atoms with E-state index in [1.165, 1.54) is 321 Å². The highest BCUT2D eigenvalue weighted by Crippen LogP contribution is 2.19. The first-order chi connectivity index (χ1) is 38.0. The van der Waals surface area contributed by atoms with Crippen molar-refractivity contribution in [3.63, 3.8) is 0 Å². The third kappa shape index (κ3) is 63.4. The van der Waals surface area contributed by atoms with Crippen LogP contribution in [0, 0.1) is 0 Å². The first kappa shape index (κ1) is 75.3. The van der Waals surface area contributed by atoms with Crippen molar-refractivity contribution in [1.82, 2.24) is 5.32 Å². The molecule has 0 aliphatic carbocycles. The zero-order valence-corrected chi connectivity index (χ0v) is 52.2. The molecule has 0 aromatic carbocycles. The van der Waals surface area contributed by atoms with Gasteiger partial charge in [0.1, 0.15) is 0 Å². The number of hydrogen-bond donors (Lipinski definition) is 3. The maximum Gasteiger partial charge on any atom is 0.305 e. The standard InChI is InChI=1S/C71H137NO5/c1-3-5-7-9-11-13-15-16-17-18-19-28-31-34-37-40-44-47-51-55-59-63-69(74)68(67-73)72-70(75)64-60-56-52-48-45-41-38-35-32-29-26-24-22-20-21-23-25-27-30-33-36-39-42-46-50-54-58-62-66-77-71(76)65-61-57-53-49-43-14-12-10-8-6-4-2/h10,12,59,63,68-69,73-74H,3-9,11,13-58,60-62,64-67H2,1-2H3,(H,72,75)/b12-10-,63-59+. The SMILES string of the molecule is CCCC/C=C\CCCCCCCC(=O)OCCCCCCCCCCCCCCCCCCCCCCCCCCCCCCC(=O)NC(CO)C(O)/C=C/CCCCCCCCCCCCCCCCCCCCC. The van der Waals surface area contributed by atoms with Gasteiger partial charge < -0.3 is 20.3 Å². The van der Waals surface area contributed by atoms with Gasteiger partial charge in [0.2, 0.25) is 5.91 Å². The molecule has 0 bridgehead atoms. The van der Waals surface area contributed by atoms with Crippen LogP contribution in [0.15, 0.2) is 24.3 Å². The van der Waals surface area contributed by atoms with Gasteiger partial charge >= 0.3 is 5.97 Å². The summed E-state index contributed by atoms with van der Waals surface area (Å²) in [6.07, 6.45) is 84.0. The second-order valence-electron chi connectivity index (χ2n) is 24.2. The van der Waals surface area contributed by atoms with Gasteiger partial charge in [-0.15, -0.1) is 0 Å². The topological polar surface area (TPSA) is 95.9 Å². The fraction of sp³-hybridized carbons (Fsp3) is 0.915. The average Bonchev–Trinajstić information content (AvgIpc) is 3.43. The van der Waals surface area contributed by atoms with Gasteiger partial charge in [-0.2, -0.15) is 0 Å². The van der Waals surface area contributed by atoms with Gasteiger partial charge in [0, 0.05) is 12.8 Å². The smallest absolute Gasteiger partial charge is 0.305 e. The lowest BCUT2D eigenvalue weighted by atomic mass is 10.0. The Balaban J connectivity index is 3.38. The fourth-order valence-corrected chi connectivity index (χ4v) is 11.1. The van der Waals surface area contributed by atoms with Crippen LogP contribution in [0.5, 0.6) is 0 Å². The molecule has 1 amide bonds. The number of allylic oxidation sites excluding steroid dienone is 3. The molecule has 0 aliphatic heterocycles. The van der Waals surface area contributed by atoms with Crippen LogP contribution in [0.1, 0.15) is 393 Å². The van der Waals surface area contributed by atoms with Crippen LogP contribution >= 0.6 is 0 Å². The zero-order chi connectivity index (χ0) is 55.7. The van der Waals surface area contributed by atoms with Gasteiger partial charge in [0.15, 0.2) is 0 Å². The Kier molecular flexibility index (Phi) is 65.4. The Morgan fingerprint density at radius 2 is 0.623 bits per heavy atom. The largest absolute Gasteiger partial charge is 0.466 e. The van der Waals surface area contributed by atoms with Crippen molar-refractivity contribution >= 4 is 11.9 Å². The molecule has 0 saturated carbocycles. The van der Waals surface area contributed by atoms with Gasteiger partial charge in [-0.05, 0) is 51.4 Å². The predicted octanol–water partition coefficient (Wildman–Crippen LogP) is 22.5. The number of amides is 1. The Morgan fingerprint density at radius 1 is 0.351 bits per heavy atom. The maximum atomic E-state index is 12.5. The van der Waals surface area contributed by atoms with E-state index in [0.717, 1.165) is 44.9 Å². The normalized spacial score (nSPS) is 12.6. The van der Waals surface area contributed by atoms with E-state index in [0.29, 0.717) is 19.4 Å². The first-order valence-corrected chi connectivity index (χ1v) is 35.1. The van der Waals surface area contributed by atoms with Gasteiger partial charge in [-0.1, -0.05) is 353 Å². The number of ether oxygens (including phenoxy) is 1. The van der Waals surface area contributed by atoms with Crippen LogP contribution < -0.4 is 5.32 Å². The number of esters is 1. The van der Waals surface area contributed by atoms with Crippen LogP contribution in [0.4, 0.5) is 0 Å². The Labute approximate surface area is 481 Å². The third-order valence-electron chi connectivity index (χ3n) is 16.5. The number of carbonyl (C=O) groups is 2. The molecule has 0 rings (SSSR count). The molecule has 456 valence electrons. The lowest BCUT2D eigenvalue weighted by Gasteiger charge is -2.20. The van der Waals surface area contributed by atoms with E-state index in [4.69, 9.17) is 4.74 Å². The van der Waals surface area contributed by atoms with Crippen LogP contribution in [-0.2, 0) is 14.3 Å². The number of aliphatic hydroxyl groups excluding tert-OH is 2. The summed E-state index contributed by atoms with van der Waals surface area (Å²) in [5.41, 5.74) is 0. The molecule has 0 aromatic heterocycles. The number of unbranched alkanes of at least 4 members (excludes halogenated alkanes) is 53. The molecular formula is C71H137NO5. The van der Waals surface area contributed by atoms with E-state index in [1.54, 1.807) is 6.08 Å². The van der Waals surface area contributed by atoms with E-state index < -0.39 is 12.1 Å². The van der Waals surface area contributed by atoms with E-state index >= 15 is 0 Å². The van der Waals surface area contributed by atoms with Crippen LogP contribution in [0.2, 0.25) is 0 Å². The predicted molar refractivity (Wildman–Crippen MR) is 338 cm³/mol. The lowest BCUT2D eigenvalue weighted by Crippen LogP contribution is -2.45. The third-order valence-corrected chi connectivity index (χ3v) is 16.5. The van der Waals surface area contributed by atoms with Gasteiger partial charge in [0.05, 0.1) is 25.4 Å². The zero-order valence-electron chi connectivity index (χ0n) is 52.2. The lowest BCUT2D eigenvalue weighted by molar-refractivity contribution is -0.143. The summed E-state index contributed by atoms with van der Waals surface area (Å²) in [4.78, 5) is 24.5. The highest BCUT2D eigenvalue weighted by molar-refractivity contribution is 5.76. The van der Waals surface area contributed by atoms with E-state index in [1.807, 2.05) is 6.08 Å². The summed E-state index contributed by atoms with van der Waals surface area (Å²) in [5, 5.41) is 23.3. The molecule has 0 saturated heterocycles. The second kappa shape index (κ2) is 66.8. The average molecular weight is 1080 g/mol. The molecule has 2 atom stereocenters. The van der Waals surface area contributed by atoms with E-state index in [2.05, 4.69) is 31.3 Å². The highest BCUT2D eigenvalue weighted by Gasteiger charge is 2.18. The van der Waals surface area contributed by atoms with Gasteiger partial charge in [-0.25, -0.2) is 0 Å².